The van der Waals surface area contributed by atoms with E-state index in [1.165, 1.54) is 83.5 Å². The minimum Gasteiger partial charge on any atom is -0.463 e. The topological polar surface area (TPSA) is 39.4 Å². The summed E-state index contributed by atoms with van der Waals surface area (Å²) in [5.74, 6) is 0.586. The molecule has 4 nitrogen and oxygen atoms in total. The maximum absolute atomic E-state index is 12.0. The lowest BCUT2D eigenvalue weighted by molar-refractivity contribution is -0.697. The lowest BCUT2D eigenvalue weighted by Gasteiger charge is -2.10. The predicted octanol–water partition coefficient (Wildman–Crippen LogP) is 7.57. The number of hydrogen-bond donors (Lipinski definition) is 0. The molecule has 0 amide bonds. The van der Waals surface area contributed by atoms with Gasteiger partial charge in [-0.3, -0.25) is 4.79 Å². The largest absolute Gasteiger partial charge is 0.463 e. The highest BCUT2D eigenvalue weighted by atomic mass is 16.6. The van der Waals surface area contributed by atoms with Crippen LogP contribution < -0.4 is 4.57 Å². The van der Waals surface area contributed by atoms with Gasteiger partial charge >= 0.3 is 5.97 Å². The van der Waals surface area contributed by atoms with Gasteiger partial charge in [0.05, 0.1) is 12.7 Å². The van der Waals surface area contributed by atoms with Crippen LogP contribution in [0.25, 0.3) is 0 Å². The van der Waals surface area contributed by atoms with Crippen molar-refractivity contribution < 1.29 is 18.8 Å². The number of unbranched alkanes of at least 4 members (excludes halogenated alkanes) is 13. The van der Waals surface area contributed by atoms with Gasteiger partial charge in [-0.05, 0) is 31.6 Å². The van der Waals surface area contributed by atoms with Gasteiger partial charge < -0.3 is 9.47 Å². The highest BCUT2D eigenvalue weighted by Gasteiger charge is 2.26. The number of nitrogens with zero attached hydrogens (tertiary/aromatic N) is 1. The van der Waals surface area contributed by atoms with E-state index in [1.807, 2.05) is 18.2 Å². The first kappa shape index (κ1) is 28.8. The summed E-state index contributed by atoms with van der Waals surface area (Å²) >= 11 is 0. The highest BCUT2D eigenvalue weighted by Crippen LogP contribution is 2.25. The van der Waals surface area contributed by atoms with Crippen LogP contribution in [0.3, 0.4) is 0 Å². The van der Waals surface area contributed by atoms with E-state index in [-0.39, 0.29) is 12.1 Å². The molecule has 2 atom stereocenters. The van der Waals surface area contributed by atoms with Crippen LogP contribution in [-0.4, -0.2) is 25.3 Å². The van der Waals surface area contributed by atoms with E-state index < -0.39 is 0 Å². The molecule has 1 aliphatic heterocycles. The quantitative estimate of drug-likeness (QED) is 0.105. The number of aryl methyl sites for hydroxylation is 1. The second-order valence-corrected chi connectivity index (χ2v) is 10.3. The number of ether oxygens (including phenoxy) is 2. The normalized spacial score (nSPS) is 17.8. The zero-order chi connectivity index (χ0) is 24.1. The Morgan fingerprint density at radius 2 is 1.44 bits per heavy atom. The Bertz CT molecular complexity index is 606. The number of esters is 1. The first-order chi connectivity index (χ1) is 16.8. The second-order valence-electron chi connectivity index (χ2n) is 10.3. The van der Waals surface area contributed by atoms with Crippen LogP contribution in [0.5, 0.6) is 0 Å². The summed E-state index contributed by atoms with van der Waals surface area (Å²) in [6.07, 6.45) is 27.0. The number of aromatic nitrogens is 1. The van der Waals surface area contributed by atoms with Crippen LogP contribution >= 0.6 is 0 Å². The van der Waals surface area contributed by atoms with E-state index >= 15 is 0 Å². The van der Waals surface area contributed by atoms with Gasteiger partial charge in [-0.1, -0.05) is 90.0 Å². The summed E-state index contributed by atoms with van der Waals surface area (Å²) in [5.41, 5.74) is 0. The fourth-order valence-corrected chi connectivity index (χ4v) is 4.95. The SMILES string of the molecule is CCCCCCCCCCCCCC[C@H]1CO[C@H](COC(=O)CCCCC[n+]2ccccc2)C1. The Labute approximate surface area is 209 Å². The smallest absolute Gasteiger partial charge is 0.305 e. The molecule has 1 aromatic rings. The lowest BCUT2D eigenvalue weighted by atomic mass is 9.97. The molecule has 194 valence electrons. The molecule has 4 heteroatoms. The monoisotopic (exact) mass is 474 g/mol. The molecule has 0 aromatic carbocycles. The summed E-state index contributed by atoms with van der Waals surface area (Å²) in [5, 5.41) is 0. The fourth-order valence-electron chi connectivity index (χ4n) is 4.95. The maximum Gasteiger partial charge on any atom is 0.305 e. The number of carbonyl (C=O) groups excluding carboxylic acids is 1. The molecule has 1 fully saturated rings. The summed E-state index contributed by atoms with van der Waals surface area (Å²) in [6.45, 7) is 4.57. The average molecular weight is 475 g/mol. The van der Waals surface area contributed by atoms with E-state index in [4.69, 9.17) is 9.47 Å². The Kier molecular flexibility index (Phi) is 16.8. The molecule has 34 heavy (non-hydrogen) atoms. The Morgan fingerprint density at radius 3 is 2.12 bits per heavy atom. The predicted molar refractivity (Wildman–Crippen MR) is 140 cm³/mol. The summed E-state index contributed by atoms with van der Waals surface area (Å²) in [4.78, 5) is 12.0. The van der Waals surface area contributed by atoms with E-state index in [2.05, 4.69) is 23.9 Å². The molecule has 2 rings (SSSR count). The molecule has 0 N–H and O–H groups in total. The van der Waals surface area contributed by atoms with Gasteiger partial charge in [-0.25, -0.2) is 4.57 Å². The van der Waals surface area contributed by atoms with Crippen LogP contribution in [0, 0.1) is 5.92 Å². The third-order valence-electron chi connectivity index (χ3n) is 7.13. The molecule has 1 aromatic heterocycles. The van der Waals surface area contributed by atoms with Crippen molar-refractivity contribution >= 4 is 5.97 Å². The van der Waals surface area contributed by atoms with Gasteiger partial charge in [0.1, 0.15) is 13.2 Å². The van der Waals surface area contributed by atoms with Crippen molar-refractivity contribution in [2.75, 3.05) is 13.2 Å². The van der Waals surface area contributed by atoms with Crippen LogP contribution in [0.15, 0.2) is 30.6 Å². The van der Waals surface area contributed by atoms with Crippen LogP contribution in [0.4, 0.5) is 0 Å². The first-order valence-corrected chi connectivity index (χ1v) is 14.5. The van der Waals surface area contributed by atoms with Gasteiger partial charge in [-0.2, -0.15) is 0 Å². The summed E-state index contributed by atoms with van der Waals surface area (Å²) in [6, 6.07) is 6.12. The minimum atomic E-state index is -0.0691. The van der Waals surface area contributed by atoms with Crippen molar-refractivity contribution in [2.45, 2.75) is 135 Å². The van der Waals surface area contributed by atoms with Gasteiger partial charge in [0, 0.05) is 25.0 Å². The van der Waals surface area contributed by atoms with Gasteiger partial charge in [0.2, 0.25) is 0 Å². The molecular weight excluding hydrogens is 422 g/mol. The van der Waals surface area contributed by atoms with E-state index in [0.717, 1.165) is 38.8 Å². The molecule has 1 saturated heterocycles. The Morgan fingerprint density at radius 1 is 0.824 bits per heavy atom. The van der Waals surface area contributed by atoms with E-state index in [9.17, 15) is 4.79 Å². The van der Waals surface area contributed by atoms with Crippen molar-refractivity contribution in [1.82, 2.24) is 0 Å². The highest BCUT2D eigenvalue weighted by molar-refractivity contribution is 5.69. The fraction of sp³-hybridized carbons (Fsp3) is 0.800. The lowest BCUT2D eigenvalue weighted by Crippen LogP contribution is -2.32. The van der Waals surface area contributed by atoms with Crippen molar-refractivity contribution in [3.05, 3.63) is 30.6 Å². The molecule has 0 bridgehead atoms. The molecular formula is C30H52NO3+. The first-order valence-electron chi connectivity index (χ1n) is 14.5. The average Bonchev–Trinajstić information content (AvgIpc) is 3.31. The van der Waals surface area contributed by atoms with Gasteiger partial charge in [-0.15, -0.1) is 0 Å². The van der Waals surface area contributed by atoms with Crippen LogP contribution in [0.2, 0.25) is 0 Å². The molecule has 1 aliphatic rings. The number of rotatable bonds is 21. The van der Waals surface area contributed by atoms with Crippen LogP contribution in [0.1, 0.15) is 122 Å². The zero-order valence-corrected chi connectivity index (χ0v) is 22.1. The molecule has 0 aliphatic carbocycles. The Balaban J connectivity index is 1.34. The van der Waals surface area contributed by atoms with E-state index in [1.54, 1.807) is 0 Å². The third-order valence-corrected chi connectivity index (χ3v) is 7.13. The van der Waals surface area contributed by atoms with Crippen LogP contribution in [-0.2, 0) is 20.8 Å². The standard InChI is InChI=1S/C30H52NO3/c1-2-3-4-5-6-7-8-9-10-11-12-15-20-28-25-29(33-26-28)27-34-30(32)21-16-13-17-22-31-23-18-14-19-24-31/h14,18-19,23-24,28-29H,2-13,15-17,20-22,25-27H2,1H3/q+1/t28-,29+/m1/s1. The zero-order valence-electron chi connectivity index (χ0n) is 22.1. The third kappa shape index (κ3) is 14.8. The van der Waals surface area contributed by atoms with Crippen molar-refractivity contribution in [3.8, 4) is 0 Å². The summed E-state index contributed by atoms with van der Waals surface area (Å²) in [7, 11) is 0. The second kappa shape index (κ2) is 19.8. The van der Waals surface area contributed by atoms with Gasteiger partial charge in [0.25, 0.3) is 0 Å². The maximum atomic E-state index is 12.0. The molecule has 0 radical (unpaired) electrons. The van der Waals surface area contributed by atoms with Crippen molar-refractivity contribution in [3.63, 3.8) is 0 Å². The summed E-state index contributed by atoms with van der Waals surface area (Å²) < 4.78 is 13.6. The van der Waals surface area contributed by atoms with Gasteiger partial charge in [0.15, 0.2) is 12.4 Å². The molecule has 0 spiro atoms. The number of hydrogen-bond acceptors (Lipinski definition) is 3. The number of carbonyl (C=O) groups is 1. The molecule has 0 saturated carbocycles. The minimum absolute atomic E-state index is 0.0691. The van der Waals surface area contributed by atoms with Crippen molar-refractivity contribution in [1.29, 1.82) is 0 Å². The molecule has 0 unspecified atom stereocenters. The Hall–Kier alpha value is -1.42. The van der Waals surface area contributed by atoms with Crippen molar-refractivity contribution in [2.24, 2.45) is 5.92 Å². The number of pyridine rings is 1. The molecule has 2 heterocycles. The van der Waals surface area contributed by atoms with E-state index in [0.29, 0.717) is 18.9 Å².